The molecule has 0 aliphatic rings. The molecular formula is C28H58NO3+. The van der Waals surface area contributed by atoms with Gasteiger partial charge in [-0.05, 0) is 6.42 Å². The minimum atomic E-state index is -1.43. The van der Waals surface area contributed by atoms with Crippen molar-refractivity contribution in [1.29, 1.82) is 0 Å². The molecule has 1 unspecified atom stereocenters. The Hall–Kier alpha value is -0.610. The van der Waals surface area contributed by atoms with Crippen LogP contribution in [-0.4, -0.2) is 42.6 Å². The monoisotopic (exact) mass is 456 g/mol. The van der Waals surface area contributed by atoms with E-state index in [1.807, 2.05) is 28.1 Å². The van der Waals surface area contributed by atoms with Crippen LogP contribution in [0.3, 0.4) is 0 Å². The molecule has 4 nitrogen and oxygen atoms in total. The molecule has 192 valence electrons. The lowest BCUT2D eigenvalue weighted by atomic mass is 10.0. The fourth-order valence-corrected chi connectivity index (χ4v) is 4.26. The van der Waals surface area contributed by atoms with E-state index in [9.17, 15) is 9.90 Å². The third kappa shape index (κ3) is 16.9. The summed E-state index contributed by atoms with van der Waals surface area (Å²) in [4.78, 5) is 12.1. The van der Waals surface area contributed by atoms with Gasteiger partial charge in [0.15, 0.2) is 0 Å². The van der Waals surface area contributed by atoms with E-state index in [1.165, 1.54) is 109 Å². The molecule has 0 aliphatic carbocycles. The Bertz CT molecular complexity index is 433. The van der Waals surface area contributed by atoms with E-state index in [0.717, 1.165) is 12.8 Å². The maximum Gasteiger partial charge on any atom is 0.360 e. The molecule has 0 spiro atoms. The van der Waals surface area contributed by atoms with Gasteiger partial charge in [-0.2, -0.15) is 0 Å². The first kappa shape index (κ1) is 31.4. The van der Waals surface area contributed by atoms with Gasteiger partial charge in [0.05, 0.1) is 27.6 Å². The largest absolute Gasteiger partial charge is 0.384 e. The fraction of sp³-hybridized carbons (Fsp3) is 0.964. The molecule has 0 saturated carbocycles. The third-order valence-corrected chi connectivity index (χ3v) is 6.77. The van der Waals surface area contributed by atoms with Crippen molar-refractivity contribution in [1.82, 2.24) is 0 Å². The van der Waals surface area contributed by atoms with Crippen molar-refractivity contribution >= 4 is 5.97 Å². The van der Waals surface area contributed by atoms with Crippen molar-refractivity contribution in [2.45, 2.75) is 155 Å². The van der Waals surface area contributed by atoms with Crippen LogP contribution in [0, 0.1) is 0 Å². The van der Waals surface area contributed by atoms with E-state index in [-0.39, 0.29) is 10.5 Å². The lowest BCUT2D eigenvalue weighted by Gasteiger charge is -2.39. The summed E-state index contributed by atoms with van der Waals surface area (Å²) in [5, 5.41) is 10.5. The molecule has 0 heterocycles. The number of hydrogen-bond acceptors (Lipinski definition) is 3. The maximum absolute atomic E-state index is 12.1. The Morgan fingerprint density at radius 1 is 0.625 bits per heavy atom. The van der Waals surface area contributed by atoms with Crippen LogP contribution in [0.4, 0.5) is 0 Å². The van der Waals surface area contributed by atoms with Gasteiger partial charge >= 0.3 is 11.9 Å². The summed E-state index contributed by atoms with van der Waals surface area (Å²) in [5.41, 5.74) is 0. The average molecular weight is 457 g/mol. The van der Waals surface area contributed by atoms with Crippen LogP contribution in [0.1, 0.15) is 149 Å². The smallest absolute Gasteiger partial charge is 0.360 e. The highest BCUT2D eigenvalue weighted by atomic mass is 16.7. The molecule has 1 N–H and O–H groups in total. The number of nitrogens with zero attached hydrogens (tertiary/aromatic N) is 1. The molecule has 32 heavy (non-hydrogen) atoms. The number of carbonyl (C=O) groups is 1. The first-order valence-corrected chi connectivity index (χ1v) is 14.0. The molecule has 0 fully saturated rings. The molecule has 0 aromatic rings. The number of hydrogen-bond donors (Lipinski definition) is 1. The van der Waals surface area contributed by atoms with Crippen LogP contribution in [0.2, 0.25) is 0 Å². The Labute approximate surface area is 201 Å². The quantitative estimate of drug-likeness (QED) is 0.0730. The minimum absolute atomic E-state index is 0.203. The average Bonchev–Trinajstić information content (AvgIpc) is 2.74. The number of rotatable bonds is 23. The standard InChI is InChI=1S/C28H58NO3/c1-6-8-9-10-11-12-13-14-15-16-17-18-19-20-21-22-23-24-25-26-27(30)32-28(31,7-2)29(3,4)5/h31H,6-26H2,1-5H3/q+1. The van der Waals surface area contributed by atoms with Crippen LogP contribution < -0.4 is 0 Å². The number of carbonyl (C=O) groups excluding carboxylic acids is 1. The second-order valence-corrected chi connectivity index (χ2v) is 10.7. The summed E-state index contributed by atoms with van der Waals surface area (Å²) in [6, 6.07) is 0. The molecule has 4 heteroatoms. The third-order valence-electron chi connectivity index (χ3n) is 6.77. The SMILES string of the molecule is CCCCCCCCCCCCCCCCCCCCCC(=O)OC(O)(CC)[N+](C)(C)C. The van der Waals surface area contributed by atoms with Crippen LogP contribution in [0.15, 0.2) is 0 Å². The summed E-state index contributed by atoms with van der Waals surface area (Å²) >= 11 is 0. The number of esters is 1. The van der Waals surface area contributed by atoms with Crippen molar-refractivity contribution in [3.63, 3.8) is 0 Å². The van der Waals surface area contributed by atoms with Crippen LogP contribution in [0.5, 0.6) is 0 Å². The number of ether oxygens (including phenoxy) is 1. The molecule has 0 aromatic carbocycles. The molecule has 0 amide bonds. The zero-order chi connectivity index (χ0) is 24.1. The van der Waals surface area contributed by atoms with Gasteiger partial charge in [0.1, 0.15) is 0 Å². The van der Waals surface area contributed by atoms with Crippen molar-refractivity contribution in [3.8, 4) is 0 Å². The molecule has 1 atom stereocenters. The zero-order valence-electron chi connectivity index (χ0n) is 22.6. The Kier molecular flexibility index (Phi) is 19.4. The maximum atomic E-state index is 12.1. The predicted octanol–water partition coefficient (Wildman–Crippen LogP) is 8.11. The van der Waals surface area contributed by atoms with Crippen molar-refractivity contribution in [3.05, 3.63) is 0 Å². The zero-order valence-corrected chi connectivity index (χ0v) is 22.6. The molecular weight excluding hydrogens is 398 g/mol. The first-order valence-electron chi connectivity index (χ1n) is 14.0. The van der Waals surface area contributed by atoms with E-state index in [4.69, 9.17) is 4.74 Å². The summed E-state index contributed by atoms with van der Waals surface area (Å²) in [6.07, 6.45) is 26.3. The van der Waals surface area contributed by atoms with Gasteiger partial charge in [0, 0.05) is 6.42 Å². The van der Waals surface area contributed by atoms with Gasteiger partial charge in [-0.25, -0.2) is 0 Å². The highest BCUT2D eigenvalue weighted by molar-refractivity contribution is 5.69. The lowest BCUT2D eigenvalue weighted by molar-refractivity contribution is -0.977. The van der Waals surface area contributed by atoms with Crippen LogP contribution >= 0.6 is 0 Å². The number of quaternary nitrogens is 1. The summed E-state index contributed by atoms with van der Waals surface area (Å²) in [6.45, 7) is 4.13. The van der Waals surface area contributed by atoms with E-state index >= 15 is 0 Å². The Morgan fingerprint density at radius 3 is 1.22 bits per heavy atom. The summed E-state index contributed by atoms with van der Waals surface area (Å²) in [5.74, 6) is -1.71. The normalized spacial score (nSPS) is 13.8. The Balaban J connectivity index is 3.37. The van der Waals surface area contributed by atoms with Gasteiger partial charge < -0.3 is 9.84 Å². The molecule has 0 radical (unpaired) electrons. The summed E-state index contributed by atoms with van der Waals surface area (Å²) < 4.78 is 5.58. The van der Waals surface area contributed by atoms with E-state index in [1.54, 1.807) is 0 Å². The van der Waals surface area contributed by atoms with Crippen molar-refractivity contribution < 1.29 is 19.1 Å². The van der Waals surface area contributed by atoms with Gasteiger partial charge in [-0.3, -0.25) is 9.28 Å². The highest BCUT2D eigenvalue weighted by Crippen LogP contribution is 2.22. The summed E-state index contributed by atoms with van der Waals surface area (Å²) in [7, 11) is 5.52. The fourth-order valence-electron chi connectivity index (χ4n) is 4.26. The van der Waals surface area contributed by atoms with E-state index < -0.39 is 5.91 Å². The number of aliphatic hydroxyl groups is 1. The van der Waals surface area contributed by atoms with Crippen LogP contribution in [0.25, 0.3) is 0 Å². The van der Waals surface area contributed by atoms with Gasteiger partial charge in [0.2, 0.25) is 0 Å². The molecule has 0 rings (SSSR count). The Morgan fingerprint density at radius 2 is 0.938 bits per heavy atom. The molecule has 0 aliphatic heterocycles. The second kappa shape index (κ2) is 19.8. The van der Waals surface area contributed by atoms with Gasteiger partial charge in [0.25, 0.3) is 0 Å². The topological polar surface area (TPSA) is 46.5 Å². The first-order chi connectivity index (χ1) is 15.3. The molecule has 0 saturated heterocycles. The molecule has 0 bridgehead atoms. The second-order valence-electron chi connectivity index (χ2n) is 10.7. The lowest BCUT2D eigenvalue weighted by Crippen LogP contribution is -2.59. The van der Waals surface area contributed by atoms with E-state index in [0.29, 0.717) is 12.8 Å². The molecule has 0 aromatic heterocycles. The van der Waals surface area contributed by atoms with Crippen molar-refractivity contribution in [2.75, 3.05) is 21.1 Å². The van der Waals surface area contributed by atoms with Crippen molar-refractivity contribution in [2.24, 2.45) is 0 Å². The minimum Gasteiger partial charge on any atom is -0.384 e. The predicted molar refractivity (Wildman–Crippen MR) is 137 cm³/mol. The van der Waals surface area contributed by atoms with Gasteiger partial charge in [-0.1, -0.05) is 129 Å². The highest BCUT2D eigenvalue weighted by Gasteiger charge is 2.43. The number of unbranched alkanes of at least 4 members (excludes halogenated alkanes) is 18. The van der Waals surface area contributed by atoms with Gasteiger partial charge in [-0.15, -0.1) is 0 Å². The van der Waals surface area contributed by atoms with E-state index in [2.05, 4.69) is 6.92 Å². The van der Waals surface area contributed by atoms with Crippen LogP contribution in [-0.2, 0) is 9.53 Å².